The Hall–Kier alpha value is -2.23. The molecule has 0 radical (unpaired) electrons. The summed E-state index contributed by atoms with van der Waals surface area (Å²) in [6, 6.07) is 7.21. The highest BCUT2D eigenvalue weighted by atomic mass is 16.1. The summed E-state index contributed by atoms with van der Waals surface area (Å²) in [5, 5.41) is 0. The fourth-order valence-electron chi connectivity index (χ4n) is 1.47. The van der Waals surface area contributed by atoms with E-state index in [1.54, 1.807) is 18.3 Å². The van der Waals surface area contributed by atoms with Crippen molar-refractivity contribution in [2.45, 2.75) is 13.8 Å². The van der Waals surface area contributed by atoms with Crippen LogP contribution < -0.4 is 5.73 Å². The number of aromatic nitrogens is 2. The monoisotopic (exact) mass is 227 g/mol. The number of hydrogen-bond acceptors (Lipinski definition) is 4. The van der Waals surface area contributed by atoms with Gasteiger partial charge in [0.05, 0.1) is 0 Å². The van der Waals surface area contributed by atoms with Crippen molar-refractivity contribution >= 4 is 11.6 Å². The number of ketones is 1. The molecule has 1 aromatic carbocycles. The van der Waals surface area contributed by atoms with E-state index < -0.39 is 0 Å². The molecule has 4 heteroatoms. The number of anilines is 1. The van der Waals surface area contributed by atoms with Crippen molar-refractivity contribution in [3.63, 3.8) is 0 Å². The lowest BCUT2D eigenvalue weighted by atomic mass is 10.1. The molecule has 4 nitrogen and oxygen atoms in total. The van der Waals surface area contributed by atoms with Crippen molar-refractivity contribution < 1.29 is 4.79 Å². The number of nitrogen functional groups attached to an aromatic ring is 1. The maximum absolute atomic E-state index is 11.3. The number of Topliss-reactive ketones (excluding diaryl/α,β-unsaturated/α-hetero) is 1. The van der Waals surface area contributed by atoms with E-state index >= 15 is 0 Å². The lowest BCUT2D eigenvalue weighted by Crippen LogP contribution is -1.99. The van der Waals surface area contributed by atoms with Crippen LogP contribution in [0.1, 0.15) is 22.8 Å². The molecule has 0 unspecified atom stereocenters. The lowest BCUT2D eigenvalue weighted by Gasteiger charge is -2.04. The number of benzene rings is 1. The molecule has 0 aliphatic heterocycles. The number of rotatable bonds is 2. The summed E-state index contributed by atoms with van der Waals surface area (Å²) in [6.45, 7) is 3.38. The van der Waals surface area contributed by atoms with Gasteiger partial charge in [0.1, 0.15) is 5.82 Å². The second-order valence-corrected chi connectivity index (χ2v) is 3.90. The van der Waals surface area contributed by atoms with E-state index in [4.69, 9.17) is 5.73 Å². The van der Waals surface area contributed by atoms with E-state index in [9.17, 15) is 4.79 Å². The van der Waals surface area contributed by atoms with Crippen LogP contribution in [0, 0.1) is 6.92 Å². The highest BCUT2D eigenvalue weighted by molar-refractivity contribution is 5.95. The summed E-state index contributed by atoms with van der Waals surface area (Å²) >= 11 is 0. The molecule has 0 aliphatic rings. The first-order valence-corrected chi connectivity index (χ1v) is 5.28. The number of hydrogen-bond donors (Lipinski definition) is 1. The molecule has 0 spiro atoms. The van der Waals surface area contributed by atoms with Crippen LogP contribution in [0.15, 0.2) is 30.5 Å². The first kappa shape index (κ1) is 11.3. The molecule has 0 saturated carbocycles. The standard InChI is InChI=1S/C13H13N3O/c1-8-7-15-13(16-12(8)14)11-5-3-4-10(6-11)9(2)17/h3-7H,1-2H3,(H2,14,15,16). The Kier molecular flexibility index (Phi) is 2.87. The minimum absolute atomic E-state index is 0.0203. The van der Waals surface area contributed by atoms with Crippen LogP contribution in [-0.4, -0.2) is 15.8 Å². The zero-order valence-corrected chi connectivity index (χ0v) is 9.77. The topological polar surface area (TPSA) is 68.9 Å². The number of carbonyl (C=O) groups is 1. The van der Waals surface area contributed by atoms with Gasteiger partial charge >= 0.3 is 0 Å². The quantitative estimate of drug-likeness (QED) is 0.799. The van der Waals surface area contributed by atoms with Crippen LogP contribution in [0.25, 0.3) is 11.4 Å². The third-order valence-electron chi connectivity index (χ3n) is 2.54. The maximum atomic E-state index is 11.3. The fourth-order valence-corrected chi connectivity index (χ4v) is 1.47. The van der Waals surface area contributed by atoms with Gasteiger partial charge in [-0.1, -0.05) is 18.2 Å². The first-order valence-electron chi connectivity index (χ1n) is 5.28. The average Bonchev–Trinajstić information content (AvgIpc) is 2.33. The summed E-state index contributed by atoms with van der Waals surface area (Å²) in [7, 11) is 0. The van der Waals surface area contributed by atoms with Gasteiger partial charge in [-0.2, -0.15) is 0 Å². The van der Waals surface area contributed by atoms with Gasteiger partial charge in [-0.25, -0.2) is 9.97 Å². The summed E-state index contributed by atoms with van der Waals surface area (Å²) in [5.41, 5.74) is 8.02. The highest BCUT2D eigenvalue weighted by Crippen LogP contribution is 2.18. The predicted molar refractivity (Wildman–Crippen MR) is 66.6 cm³/mol. The van der Waals surface area contributed by atoms with E-state index in [-0.39, 0.29) is 5.78 Å². The molecule has 17 heavy (non-hydrogen) atoms. The van der Waals surface area contributed by atoms with Crippen LogP contribution in [0.2, 0.25) is 0 Å². The van der Waals surface area contributed by atoms with Crippen molar-refractivity contribution in [2.75, 3.05) is 5.73 Å². The van der Waals surface area contributed by atoms with Gasteiger partial charge < -0.3 is 5.73 Å². The van der Waals surface area contributed by atoms with Gasteiger partial charge in [-0.15, -0.1) is 0 Å². The molecular formula is C13H13N3O. The molecule has 0 atom stereocenters. The molecule has 0 amide bonds. The molecule has 1 aromatic heterocycles. The Morgan fingerprint density at radius 1 is 1.35 bits per heavy atom. The molecule has 0 bridgehead atoms. The Morgan fingerprint density at radius 2 is 2.12 bits per heavy atom. The van der Waals surface area contributed by atoms with Crippen molar-refractivity contribution in [1.82, 2.24) is 9.97 Å². The van der Waals surface area contributed by atoms with Gasteiger partial charge in [-0.05, 0) is 19.9 Å². The van der Waals surface area contributed by atoms with Gasteiger partial charge in [0, 0.05) is 22.9 Å². The zero-order chi connectivity index (χ0) is 12.4. The third-order valence-corrected chi connectivity index (χ3v) is 2.54. The molecule has 0 fully saturated rings. The first-order chi connectivity index (χ1) is 8.08. The van der Waals surface area contributed by atoms with E-state index in [1.807, 2.05) is 19.1 Å². The van der Waals surface area contributed by atoms with Gasteiger partial charge in [0.15, 0.2) is 11.6 Å². The highest BCUT2D eigenvalue weighted by Gasteiger charge is 2.06. The summed E-state index contributed by atoms with van der Waals surface area (Å²) in [5.74, 6) is 1.02. The summed E-state index contributed by atoms with van der Waals surface area (Å²) < 4.78 is 0. The SMILES string of the molecule is CC(=O)c1cccc(-c2ncc(C)c(N)n2)c1. The second-order valence-electron chi connectivity index (χ2n) is 3.90. The Morgan fingerprint density at radius 3 is 2.76 bits per heavy atom. The van der Waals surface area contributed by atoms with Gasteiger partial charge in [-0.3, -0.25) is 4.79 Å². The summed E-state index contributed by atoms with van der Waals surface area (Å²) in [6.07, 6.45) is 1.68. The van der Waals surface area contributed by atoms with E-state index in [2.05, 4.69) is 9.97 Å². The molecule has 86 valence electrons. The number of aryl methyl sites for hydroxylation is 1. The van der Waals surface area contributed by atoms with Crippen molar-refractivity contribution in [1.29, 1.82) is 0 Å². The maximum Gasteiger partial charge on any atom is 0.161 e. The van der Waals surface area contributed by atoms with Crippen molar-refractivity contribution in [3.8, 4) is 11.4 Å². The van der Waals surface area contributed by atoms with Crippen LogP contribution in [-0.2, 0) is 0 Å². The van der Waals surface area contributed by atoms with Crippen LogP contribution >= 0.6 is 0 Å². The Labute approximate surface area is 99.5 Å². The molecule has 2 rings (SSSR count). The molecule has 0 aliphatic carbocycles. The third kappa shape index (κ3) is 2.30. The average molecular weight is 227 g/mol. The minimum atomic E-state index is 0.0203. The Bertz CT molecular complexity index is 579. The zero-order valence-electron chi connectivity index (χ0n) is 9.77. The largest absolute Gasteiger partial charge is 0.383 e. The van der Waals surface area contributed by atoms with Crippen molar-refractivity contribution in [2.24, 2.45) is 0 Å². The second kappa shape index (κ2) is 4.33. The van der Waals surface area contributed by atoms with Gasteiger partial charge in [0.25, 0.3) is 0 Å². The van der Waals surface area contributed by atoms with Crippen LogP contribution in [0.4, 0.5) is 5.82 Å². The number of nitrogens with zero attached hydrogens (tertiary/aromatic N) is 2. The number of carbonyl (C=O) groups excluding carboxylic acids is 1. The van der Waals surface area contributed by atoms with E-state index in [0.717, 1.165) is 11.1 Å². The lowest BCUT2D eigenvalue weighted by molar-refractivity contribution is 0.101. The molecule has 1 heterocycles. The van der Waals surface area contributed by atoms with Gasteiger partial charge in [0.2, 0.25) is 0 Å². The predicted octanol–water partition coefficient (Wildman–Crippen LogP) is 2.24. The molecular weight excluding hydrogens is 214 g/mol. The van der Waals surface area contributed by atoms with E-state index in [1.165, 1.54) is 6.92 Å². The smallest absolute Gasteiger partial charge is 0.161 e. The molecule has 2 N–H and O–H groups in total. The van der Waals surface area contributed by atoms with Crippen LogP contribution in [0.3, 0.4) is 0 Å². The van der Waals surface area contributed by atoms with Crippen LogP contribution in [0.5, 0.6) is 0 Å². The van der Waals surface area contributed by atoms with E-state index in [0.29, 0.717) is 17.2 Å². The molecule has 2 aromatic rings. The number of nitrogens with two attached hydrogens (primary N) is 1. The normalized spacial score (nSPS) is 10.2. The fraction of sp³-hybridized carbons (Fsp3) is 0.154. The minimum Gasteiger partial charge on any atom is -0.383 e. The molecule has 0 saturated heterocycles. The van der Waals surface area contributed by atoms with Crippen molar-refractivity contribution in [3.05, 3.63) is 41.6 Å². The Balaban J connectivity index is 2.49. The summed E-state index contributed by atoms with van der Waals surface area (Å²) in [4.78, 5) is 19.7.